The summed E-state index contributed by atoms with van der Waals surface area (Å²) in [5.74, 6) is 0. The van der Waals surface area contributed by atoms with Gasteiger partial charge in [0.05, 0.1) is 4.90 Å². The van der Waals surface area contributed by atoms with Crippen molar-refractivity contribution in [3.8, 4) is 0 Å². The van der Waals surface area contributed by atoms with Gasteiger partial charge in [-0.25, -0.2) is 17.9 Å². The fourth-order valence-corrected chi connectivity index (χ4v) is 3.24. The van der Waals surface area contributed by atoms with E-state index < -0.39 is 16.1 Å². The Morgan fingerprint density at radius 1 is 1.20 bits per heavy atom. The molecule has 0 unspecified atom stereocenters. The lowest BCUT2D eigenvalue weighted by Crippen LogP contribution is -2.39. The van der Waals surface area contributed by atoms with Crippen LogP contribution in [0.4, 0.5) is 10.5 Å². The molecule has 0 aromatic heterocycles. The van der Waals surface area contributed by atoms with Gasteiger partial charge in [0.15, 0.2) is 0 Å². The van der Waals surface area contributed by atoms with Gasteiger partial charge in [0, 0.05) is 12.2 Å². The summed E-state index contributed by atoms with van der Waals surface area (Å²) in [6.07, 6.45) is 1.14. The average Bonchev–Trinajstić information content (AvgIpc) is 2.37. The van der Waals surface area contributed by atoms with Crippen molar-refractivity contribution >= 4 is 21.7 Å². The molecule has 20 heavy (non-hydrogen) atoms. The van der Waals surface area contributed by atoms with Crippen molar-refractivity contribution in [3.05, 3.63) is 23.3 Å². The fourth-order valence-electron chi connectivity index (χ4n) is 1.92. The topological polar surface area (TPSA) is 101 Å². The number of hydrogen-bond acceptors (Lipinski definition) is 4. The highest BCUT2D eigenvalue weighted by atomic mass is 32.2. The zero-order valence-electron chi connectivity index (χ0n) is 12.0. The first-order chi connectivity index (χ1) is 9.35. The minimum atomic E-state index is -3.92. The molecule has 0 radical (unpaired) electrons. The third-order valence-electron chi connectivity index (χ3n) is 2.92. The first kappa shape index (κ1) is 16.3. The molecule has 6 nitrogen and oxygen atoms in total. The van der Waals surface area contributed by atoms with Crippen molar-refractivity contribution in [3.63, 3.8) is 0 Å². The molecule has 0 aliphatic carbocycles. The van der Waals surface area contributed by atoms with Gasteiger partial charge in [-0.3, -0.25) is 0 Å². The van der Waals surface area contributed by atoms with Crippen LogP contribution in [-0.4, -0.2) is 21.0 Å². The van der Waals surface area contributed by atoms with Crippen LogP contribution in [0.3, 0.4) is 0 Å². The highest BCUT2D eigenvalue weighted by molar-refractivity contribution is 7.90. The fraction of sp³-hybridized carbons (Fsp3) is 0.462. The van der Waals surface area contributed by atoms with Gasteiger partial charge in [-0.15, -0.1) is 0 Å². The van der Waals surface area contributed by atoms with E-state index in [0.29, 0.717) is 30.6 Å². The van der Waals surface area contributed by atoms with Crippen LogP contribution >= 0.6 is 0 Å². The van der Waals surface area contributed by atoms with E-state index in [1.54, 1.807) is 19.1 Å². The molecule has 0 spiro atoms. The highest BCUT2D eigenvalue weighted by Gasteiger charge is 2.22. The normalized spacial score (nSPS) is 11.2. The molecular formula is C13H21N3O3S. The monoisotopic (exact) mass is 299 g/mol. The lowest BCUT2D eigenvalue weighted by atomic mass is 10.1. The lowest BCUT2D eigenvalue weighted by Gasteiger charge is -2.14. The number of sulfonamides is 1. The lowest BCUT2D eigenvalue weighted by molar-refractivity contribution is 0.246. The summed E-state index contributed by atoms with van der Waals surface area (Å²) in [5.41, 5.74) is 7.68. The second-order valence-corrected chi connectivity index (χ2v) is 5.98. The molecule has 1 rings (SSSR count). The van der Waals surface area contributed by atoms with Gasteiger partial charge in [0.25, 0.3) is 10.0 Å². The molecule has 0 heterocycles. The molecule has 112 valence electrons. The quantitative estimate of drug-likeness (QED) is 0.715. The van der Waals surface area contributed by atoms with Gasteiger partial charge in [-0.2, -0.15) is 0 Å². The zero-order chi connectivity index (χ0) is 15.3. The number of nitrogens with two attached hydrogens (primary N) is 1. The molecule has 4 N–H and O–H groups in total. The Hall–Kier alpha value is -1.76. The van der Waals surface area contributed by atoms with E-state index in [1.807, 2.05) is 18.6 Å². The summed E-state index contributed by atoms with van der Waals surface area (Å²) in [6, 6.07) is 2.59. The third-order valence-corrected chi connectivity index (χ3v) is 4.32. The van der Waals surface area contributed by atoms with Crippen molar-refractivity contribution in [1.82, 2.24) is 10.0 Å². The third kappa shape index (κ3) is 3.63. The number of urea groups is 1. The largest absolute Gasteiger partial charge is 0.398 e. The molecule has 7 heteroatoms. The number of nitrogen functional groups attached to an aromatic ring is 1. The van der Waals surface area contributed by atoms with E-state index in [9.17, 15) is 13.2 Å². The molecule has 1 aromatic carbocycles. The van der Waals surface area contributed by atoms with Crippen molar-refractivity contribution in [2.45, 2.75) is 38.5 Å². The number of anilines is 1. The summed E-state index contributed by atoms with van der Waals surface area (Å²) in [5, 5.41) is 2.39. The average molecular weight is 299 g/mol. The number of benzene rings is 1. The number of rotatable bonds is 5. The van der Waals surface area contributed by atoms with E-state index in [4.69, 9.17) is 5.73 Å². The standard InChI is InChI=1S/C13H21N3O3S/c1-4-9-7-11(14)10(5-2)12(8-9)20(18,19)16-13(17)15-6-3/h7-8H,4-6,14H2,1-3H3,(H2,15,16,17). The van der Waals surface area contributed by atoms with E-state index >= 15 is 0 Å². The van der Waals surface area contributed by atoms with E-state index in [1.165, 1.54) is 0 Å². The van der Waals surface area contributed by atoms with Crippen LogP contribution in [0.5, 0.6) is 0 Å². The Bertz CT molecular complexity index is 597. The Kier molecular flexibility index (Phi) is 5.38. The predicted molar refractivity (Wildman–Crippen MR) is 79.0 cm³/mol. The smallest absolute Gasteiger partial charge is 0.328 e. The number of hydrogen-bond donors (Lipinski definition) is 3. The Balaban J connectivity index is 3.29. The molecule has 0 bridgehead atoms. The summed E-state index contributed by atoms with van der Waals surface area (Å²) in [6.45, 7) is 5.79. The maximum absolute atomic E-state index is 12.3. The molecule has 0 aliphatic rings. The SMILES string of the molecule is CCNC(=O)NS(=O)(=O)c1cc(CC)cc(N)c1CC. The van der Waals surface area contributed by atoms with Crippen molar-refractivity contribution < 1.29 is 13.2 Å². The minimum Gasteiger partial charge on any atom is -0.398 e. The number of aryl methyl sites for hydroxylation is 1. The molecule has 0 saturated carbocycles. The van der Waals surface area contributed by atoms with Crippen LogP contribution in [0.1, 0.15) is 31.9 Å². The first-order valence-electron chi connectivity index (χ1n) is 6.57. The Labute approximate surface area is 119 Å². The highest BCUT2D eigenvalue weighted by Crippen LogP contribution is 2.25. The Morgan fingerprint density at radius 2 is 1.85 bits per heavy atom. The zero-order valence-corrected chi connectivity index (χ0v) is 12.8. The van der Waals surface area contributed by atoms with Gasteiger partial charge in [0.2, 0.25) is 0 Å². The van der Waals surface area contributed by atoms with Gasteiger partial charge < -0.3 is 11.1 Å². The second kappa shape index (κ2) is 6.60. The summed E-state index contributed by atoms with van der Waals surface area (Å²) in [4.78, 5) is 11.5. The maximum Gasteiger partial charge on any atom is 0.328 e. The van der Waals surface area contributed by atoms with Crippen LogP contribution < -0.4 is 15.8 Å². The summed E-state index contributed by atoms with van der Waals surface area (Å²) in [7, 11) is -3.92. The molecule has 2 amide bonds. The molecule has 0 fully saturated rings. The number of carbonyl (C=O) groups is 1. The summed E-state index contributed by atoms with van der Waals surface area (Å²) < 4.78 is 26.6. The van der Waals surface area contributed by atoms with Crippen molar-refractivity contribution in [2.75, 3.05) is 12.3 Å². The van der Waals surface area contributed by atoms with Gasteiger partial charge >= 0.3 is 6.03 Å². The van der Waals surface area contributed by atoms with Crippen molar-refractivity contribution in [1.29, 1.82) is 0 Å². The Morgan fingerprint density at radius 3 is 2.35 bits per heavy atom. The van der Waals surface area contributed by atoms with Crippen LogP contribution in [0.15, 0.2) is 17.0 Å². The molecule has 1 aromatic rings. The van der Waals surface area contributed by atoms with Crippen LogP contribution in [0.2, 0.25) is 0 Å². The van der Waals surface area contributed by atoms with Crippen LogP contribution in [0.25, 0.3) is 0 Å². The second-order valence-electron chi connectivity index (χ2n) is 4.33. The number of amides is 2. The van der Waals surface area contributed by atoms with E-state index in [0.717, 1.165) is 5.56 Å². The number of nitrogens with one attached hydrogen (secondary N) is 2. The van der Waals surface area contributed by atoms with E-state index in [-0.39, 0.29) is 4.90 Å². The van der Waals surface area contributed by atoms with Crippen LogP contribution in [-0.2, 0) is 22.9 Å². The number of carbonyl (C=O) groups excluding carboxylic acids is 1. The molecular weight excluding hydrogens is 278 g/mol. The summed E-state index contributed by atoms with van der Waals surface area (Å²) >= 11 is 0. The molecule has 0 atom stereocenters. The van der Waals surface area contributed by atoms with Gasteiger partial charge in [-0.05, 0) is 43.0 Å². The first-order valence-corrected chi connectivity index (χ1v) is 8.05. The van der Waals surface area contributed by atoms with Crippen LogP contribution in [0, 0.1) is 0 Å². The molecule has 0 saturated heterocycles. The van der Waals surface area contributed by atoms with Crippen molar-refractivity contribution in [2.24, 2.45) is 0 Å². The van der Waals surface area contributed by atoms with E-state index in [2.05, 4.69) is 5.32 Å². The van der Waals surface area contributed by atoms with Gasteiger partial charge in [-0.1, -0.05) is 13.8 Å². The maximum atomic E-state index is 12.3. The minimum absolute atomic E-state index is 0.0723. The molecule has 0 aliphatic heterocycles. The van der Waals surface area contributed by atoms with Gasteiger partial charge in [0.1, 0.15) is 0 Å². The predicted octanol–water partition coefficient (Wildman–Crippen LogP) is 1.40.